The fourth-order valence-electron chi connectivity index (χ4n) is 1.70. The number of benzene rings is 1. The molecule has 1 aliphatic carbocycles. The largest absolute Gasteiger partial charge is 0.465 e. The zero-order valence-corrected chi connectivity index (χ0v) is 9.32. The second kappa shape index (κ2) is 4.66. The van der Waals surface area contributed by atoms with E-state index in [1.807, 2.05) is 30.3 Å². The molecule has 0 bridgehead atoms. The van der Waals surface area contributed by atoms with E-state index in [0.717, 1.165) is 19.3 Å². The van der Waals surface area contributed by atoms with Crippen molar-refractivity contribution in [2.45, 2.75) is 19.3 Å². The molecule has 1 aliphatic rings. The van der Waals surface area contributed by atoms with Crippen LogP contribution in [0.2, 0.25) is 0 Å². The fraction of sp³-hybridized carbons (Fsp3) is 0.462. The van der Waals surface area contributed by atoms with E-state index >= 15 is 0 Å². The van der Waals surface area contributed by atoms with Gasteiger partial charge in [-0.1, -0.05) is 30.3 Å². The van der Waals surface area contributed by atoms with Gasteiger partial charge in [0.1, 0.15) is 0 Å². The van der Waals surface area contributed by atoms with Gasteiger partial charge in [0, 0.05) is 13.0 Å². The number of carbonyl (C=O) groups is 1. The quantitative estimate of drug-likeness (QED) is 0.764. The Hall–Kier alpha value is -1.35. The molecule has 0 aromatic heterocycles. The maximum absolute atomic E-state index is 11.6. The summed E-state index contributed by atoms with van der Waals surface area (Å²) >= 11 is 0. The third-order valence-electron chi connectivity index (χ3n) is 3.14. The normalized spacial score (nSPS) is 16.8. The highest BCUT2D eigenvalue weighted by Gasteiger charge is 2.50. The molecule has 0 heterocycles. The Labute approximate surface area is 95.6 Å². The van der Waals surface area contributed by atoms with E-state index in [2.05, 4.69) is 0 Å². The summed E-state index contributed by atoms with van der Waals surface area (Å²) in [7, 11) is 0. The number of esters is 1. The molecule has 2 N–H and O–H groups in total. The van der Waals surface area contributed by atoms with Gasteiger partial charge in [-0.2, -0.15) is 0 Å². The molecule has 1 fully saturated rings. The van der Waals surface area contributed by atoms with Crippen LogP contribution in [-0.4, -0.2) is 19.1 Å². The summed E-state index contributed by atoms with van der Waals surface area (Å²) in [5.74, 6) is -0.120. The lowest BCUT2D eigenvalue weighted by Crippen LogP contribution is -2.27. The van der Waals surface area contributed by atoms with Gasteiger partial charge in [0.2, 0.25) is 0 Å². The van der Waals surface area contributed by atoms with Crippen LogP contribution in [0, 0.1) is 5.41 Å². The van der Waals surface area contributed by atoms with Gasteiger partial charge in [-0.3, -0.25) is 4.79 Å². The number of carbonyl (C=O) groups excluding carboxylic acids is 1. The summed E-state index contributed by atoms with van der Waals surface area (Å²) in [6.45, 7) is 0.863. The van der Waals surface area contributed by atoms with E-state index in [-0.39, 0.29) is 11.4 Å². The minimum atomic E-state index is -0.337. The average molecular weight is 219 g/mol. The van der Waals surface area contributed by atoms with Gasteiger partial charge in [0.25, 0.3) is 0 Å². The van der Waals surface area contributed by atoms with Crippen LogP contribution >= 0.6 is 0 Å². The molecule has 0 unspecified atom stereocenters. The Morgan fingerprint density at radius 2 is 2.00 bits per heavy atom. The van der Waals surface area contributed by atoms with Gasteiger partial charge in [-0.05, 0) is 18.4 Å². The van der Waals surface area contributed by atoms with Crippen molar-refractivity contribution in [1.29, 1.82) is 0 Å². The lowest BCUT2D eigenvalue weighted by Gasteiger charge is -2.11. The molecule has 86 valence electrons. The number of nitrogens with two attached hydrogens (primary N) is 1. The Balaban J connectivity index is 1.75. The Kier molecular flexibility index (Phi) is 3.25. The van der Waals surface area contributed by atoms with Crippen molar-refractivity contribution < 1.29 is 9.53 Å². The van der Waals surface area contributed by atoms with Gasteiger partial charge in [0.15, 0.2) is 0 Å². The number of ether oxygens (including phenoxy) is 1. The van der Waals surface area contributed by atoms with Gasteiger partial charge in [-0.25, -0.2) is 0 Å². The predicted octanol–water partition coefficient (Wildman–Crippen LogP) is 1.51. The van der Waals surface area contributed by atoms with Crippen LogP contribution in [0.15, 0.2) is 30.3 Å². The van der Waals surface area contributed by atoms with Crippen LogP contribution in [0.3, 0.4) is 0 Å². The maximum Gasteiger partial charge on any atom is 0.313 e. The van der Waals surface area contributed by atoms with E-state index in [9.17, 15) is 4.79 Å². The molecule has 0 saturated heterocycles. The molecule has 1 aromatic carbocycles. The summed E-state index contributed by atoms with van der Waals surface area (Å²) in [6, 6.07) is 10.0. The second-order valence-corrected chi connectivity index (χ2v) is 4.36. The first-order valence-corrected chi connectivity index (χ1v) is 5.68. The molecule has 0 aliphatic heterocycles. The Morgan fingerprint density at radius 3 is 2.56 bits per heavy atom. The van der Waals surface area contributed by atoms with Crippen LogP contribution in [0.1, 0.15) is 18.4 Å². The topological polar surface area (TPSA) is 52.3 Å². The number of hydrogen-bond acceptors (Lipinski definition) is 3. The monoisotopic (exact) mass is 219 g/mol. The highest BCUT2D eigenvalue weighted by molar-refractivity contribution is 5.80. The summed E-state index contributed by atoms with van der Waals surface area (Å²) < 4.78 is 5.25. The molecule has 1 aromatic rings. The molecular weight excluding hydrogens is 202 g/mol. The van der Waals surface area contributed by atoms with E-state index in [1.165, 1.54) is 5.56 Å². The first-order valence-electron chi connectivity index (χ1n) is 5.68. The van der Waals surface area contributed by atoms with Crippen LogP contribution in [0.25, 0.3) is 0 Å². The SMILES string of the molecule is NCC1(C(=O)OCCc2ccccc2)CC1. The first kappa shape index (κ1) is 11.1. The van der Waals surface area contributed by atoms with Crippen LogP contribution in [0.5, 0.6) is 0 Å². The Morgan fingerprint density at radius 1 is 1.31 bits per heavy atom. The van der Waals surface area contributed by atoms with Crippen molar-refractivity contribution in [3.05, 3.63) is 35.9 Å². The standard InChI is InChI=1S/C13H17NO2/c14-10-13(7-8-13)12(15)16-9-6-11-4-2-1-3-5-11/h1-5H,6-10,14H2. The van der Waals surface area contributed by atoms with Gasteiger partial charge >= 0.3 is 5.97 Å². The van der Waals surface area contributed by atoms with Crippen molar-refractivity contribution in [2.24, 2.45) is 11.1 Å². The predicted molar refractivity (Wildman–Crippen MR) is 61.8 cm³/mol. The van der Waals surface area contributed by atoms with Crippen molar-refractivity contribution in [3.8, 4) is 0 Å². The highest BCUT2D eigenvalue weighted by atomic mass is 16.5. The zero-order chi connectivity index (χ0) is 11.4. The molecule has 0 radical (unpaired) electrons. The lowest BCUT2D eigenvalue weighted by atomic mass is 10.1. The van der Waals surface area contributed by atoms with Crippen molar-refractivity contribution in [3.63, 3.8) is 0 Å². The first-order chi connectivity index (χ1) is 7.77. The van der Waals surface area contributed by atoms with Crippen molar-refractivity contribution in [1.82, 2.24) is 0 Å². The van der Waals surface area contributed by atoms with Crippen molar-refractivity contribution in [2.75, 3.05) is 13.2 Å². The van der Waals surface area contributed by atoms with Gasteiger partial charge in [0.05, 0.1) is 12.0 Å². The minimum absolute atomic E-state index is 0.120. The maximum atomic E-state index is 11.6. The molecule has 1 saturated carbocycles. The third kappa shape index (κ3) is 2.42. The number of rotatable bonds is 5. The zero-order valence-electron chi connectivity index (χ0n) is 9.32. The van der Waals surface area contributed by atoms with E-state index in [4.69, 9.17) is 10.5 Å². The molecule has 0 amide bonds. The molecule has 16 heavy (non-hydrogen) atoms. The molecule has 3 nitrogen and oxygen atoms in total. The van der Waals surface area contributed by atoms with E-state index in [1.54, 1.807) is 0 Å². The minimum Gasteiger partial charge on any atom is -0.465 e. The molecule has 3 heteroatoms. The molecule has 0 atom stereocenters. The lowest BCUT2D eigenvalue weighted by molar-refractivity contribution is -0.149. The van der Waals surface area contributed by atoms with Crippen LogP contribution in [0.4, 0.5) is 0 Å². The molecule has 0 spiro atoms. The average Bonchev–Trinajstić information content (AvgIpc) is 3.11. The van der Waals surface area contributed by atoms with Gasteiger partial charge in [-0.15, -0.1) is 0 Å². The second-order valence-electron chi connectivity index (χ2n) is 4.36. The summed E-state index contributed by atoms with van der Waals surface area (Å²) in [6.07, 6.45) is 2.54. The molecular formula is C13H17NO2. The Bertz CT molecular complexity index is 357. The fourth-order valence-corrected chi connectivity index (χ4v) is 1.70. The highest BCUT2D eigenvalue weighted by Crippen LogP contribution is 2.45. The summed E-state index contributed by atoms with van der Waals surface area (Å²) in [5, 5.41) is 0. The summed E-state index contributed by atoms with van der Waals surface area (Å²) in [4.78, 5) is 11.6. The van der Waals surface area contributed by atoms with E-state index in [0.29, 0.717) is 13.2 Å². The smallest absolute Gasteiger partial charge is 0.313 e. The van der Waals surface area contributed by atoms with E-state index < -0.39 is 0 Å². The summed E-state index contributed by atoms with van der Waals surface area (Å²) in [5.41, 5.74) is 6.40. The van der Waals surface area contributed by atoms with Gasteiger partial charge < -0.3 is 10.5 Å². The number of hydrogen-bond donors (Lipinski definition) is 1. The third-order valence-corrected chi connectivity index (χ3v) is 3.14. The molecule has 2 rings (SSSR count). The van der Waals surface area contributed by atoms with Crippen LogP contribution in [-0.2, 0) is 16.0 Å². The van der Waals surface area contributed by atoms with Crippen molar-refractivity contribution >= 4 is 5.97 Å². The van der Waals surface area contributed by atoms with Crippen LogP contribution < -0.4 is 5.73 Å².